The number of nitrogens with zero attached hydrogens (tertiary/aromatic N) is 5. The van der Waals surface area contributed by atoms with Gasteiger partial charge in [0, 0.05) is 18.7 Å². The maximum atomic E-state index is 11.0. The van der Waals surface area contributed by atoms with Gasteiger partial charge in [0.1, 0.15) is 17.8 Å². The zero-order valence-electron chi connectivity index (χ0n) is 11.1. The van der Waals surface area contributed by atoms with Crippen molar-refractivity contribution in [3.8, 4) is 12.1 Å². The maximum absolute atomic E-state index is 11.0. The number of hydrogen-bond donors (Lipinski definition) is 1. The molecule has 0 spiro atoms. The molecular formula is C13H10N6O2. The molecule has 0 fully saturated rings. The number of benzene rings is 1. The predicted molar refractivity (Wildman–Crippen MR) is 73.4 cm³/mol. The van der Waals surface area contributed by atoms with E-state index in [0.717, 1.165) is 0 Å². The molecule has 0 saturated heterocycles. The maximum Gasteiger partial charge on any atom is 0.292 e. The lowest BCUT2D eigenvalue weighted by atomic mass is 10.1. The van der Waals surface area contributed by atoms with Gasteiger partial charge in [0.2, 0.25) is 0 Å². The van der Waals surface area contributed by atoms with E-state index in [2.05, 4.69) is 10.3 Å². The lowest BCUT2D eigenvalue weighted by molar-refractivity contribution is -0.384. The molecule has 0 saturated carbocycles. The molecule has 8 heteroatoms. The van der Waals surface area contributed by atoms with Crippen LogP contribution in [0.4, 0.5) is 11.4 Å². The number of nitriles is 2. The summed E-state index contributed by atoms with van der Waals surface area (Å²) in [6, 6.07) is 8.43. The van der Waals surface area contributed by atoms with Crippen LogP contribution in [0.3, 0.4) is 0 Å². The zero-order chi connectivity index (χ0) is 15.4. The first kappa shape index (κ1) is 14.0. The van der Waals surface area contributed by atoms with E-state index in [1.165, 1.54) is 17.0 Å². The molecule has 0 atom stereocenters. The quantitative estimate of drug-likeness (QED) is 0.671. The molecule has 0 aliphatic rings. The second kappa shape index (κ2) is 5.72. The van der Waals surface area contributed by atoms with Gasteiger partial charge in [-0.05, 0) is 0 Å². The summed E-state index contributed by atoms with van der Waals surface area (Å²) in [4.78, 5) is 14.4. The first-order valence-electron chi connectivity index (χ1n) is 5.91. The largest absolute Gasteiger partial charge is 0.382 e. The van der Waals surface area contributed by atoms with Crippen LogP contribution in [0.15, 0.2) is 24.5 Å². The summed E-state index contributed by atoms with van der Waals surface area (Å²) >= 11 is 0. The summed E-state index contributed by atoms with van der Waals surface area (Å²) in [7, 11) is 1.59. The van der Waals surface area contributed by atoms with Crippen molar-refractivity contribution in [1.82, 2.24) is 9.55 Å². The van der Waals surface area contributed by atoms with Gasteiger partial charge in [0.25, 0.3) is 5.69 Å². The Morgan fingerprint density at radius 3 is 2.76 bits per heavy atom. The Labute approximate surface area is 120 Å². The minimum atomic E-state index is -0.477. The topological polar surface area (TPSA) is 121 Å². The minimum Gasteiger partial charge on any atom is -0.382 e. The highest BCUT2D eigenvalue weighted by atomic mass is 16.6. The molecule has 1 N–H and O–H groups in total. The number of imidazole rings is 1. The fourth-order valence-corrected chi connectivity index (χ4v) is 2.04. The van der Waals surface area contributed by atoms with Crippen LogP contribution in [0.25, 0.3) is 0 Å². The van der Waals surface area contributed by atoms with Gasteiger partial charge in [-0.1, -0.05) is 12.1 Å². The van der Waals surface area contributed by atoms with Crippen LogP contribution in [0.5, 0.6) is 0 Å². The van der Waals surface area contributed by atoms with Crippen molar-refractivity contribution in [2.75, 3.05) is 12.4 Å². The summed E-state index contributed by atoms with van der Waals surface area (Å²) < 4.78 is 1.48. The number of rotatable bonds is 4. The molecule has 1 aromatic carbocycles. The van der Waals surface area contributed by atoms with Crippen LogP contribution in [0.1, 0.15) is 17.0 Å². The van der Waals surface area contributed by atoms with E-state index >= 15 is 0 Å². The average Bonchev–Trinajstić information content (AvgIpc) is 2.88. The van der Waals surface area contributed by atoms with Crippen LogP contribution in [0, 0.1) is 32.8 Å². The summed E-state index contributed by atoms with van der Waals surface area (Å²) in [6.45, 7) is 0.204. The number of anilines is 1. The van der Waals surface area contributed by atoms with Gasteiger partial charge < -0.3 is 9.88 Å². The molecule has 0 bridgehead atoms. The third-order valence-corrected chi connectivity index (χ3v) is 2.97. The number of hydrogen-bond acceptors (Lipinski definition) is 6. The third kappa shape index (κ3) is 2.51. The molecule has 1 aromatic heterocycles. The molecule has 2 rings (SSSR count). The summed E-state index contributed by atoms with van der Waals surface area (Å²) in [5, 5.41) is 31.8. The smallest absolute Gasteiger partial charge is 0.292 e. The minimum absolute atomic E-state index is 0.0361. The number of nitro benzene ring substituents is 1. The Morgan fingerprint density at radius 2 is 2.19 bits per heavy atom. The van der Waals surface area contributed by atoms with Crippen molar-refractivity contribution in [3.63, 3.8) is 0 Å². The van der Waals surface area contributed by atoms with Crippen LogP contribution in [-0.4, -0.2) is 21.5 Å². The third-order valence-electron chi connectivity index (χ3n) is 2.97. The SMILES string of the molecule is CNc1c(Cn2cnc(C#N)c2C#N)cccc1[N+](=O)[O-]. The van der Waals surface area contributed by atoms with Gasteiger partial charge in [-0.3, -0.25) is 10.1 Å². The number of aromatic nitrogens is 2. The van der Waals surface area contributed by atoms with Gasteiger partial charge in [0.05, 0.1) is 17.8 Å². The van der Waals surface area contributed by atoms with Crippen molar-refractivity contribution in [1.29, 1.82) is 10.5 Å². The monoisotopic (exact) mass is 282 g/mol. The second-order valence-electron chi connectivity index (χ2n) is 4.11. The predicted octanol–water partition coefficient (Wildman–Crippen LogP) is 1.62. The van der Waals surface area contributed by atoms with Gasteiger partial charge in [-0.15, -0.1) is 0 Å². The van der Waals surface area contributed by atoms with Crippen molar-refractivity contribution >= 4 is 11.4 Å². The molecule has 0 aliphatic carbocycles. The highest BCUT2D eigenvalue weighted by molar-refractivity contribution is 5.66. The van der Waals surface area contributed by atoms with Gasteiger partial charge in [-0.2, -0.15) is 10.5 Å². The van der Waals surface area contributed by atoms with E-state index in [1.54, 1.807) is 19.2 Å². The van der Waals surface area contributed by atoms with Crippen LogP contribution >= 0.6 is 0 Å². The average molecular weight is 282 g/mol. The van der Waals surface area contributed by atoms with E-state index in [-0.39, 0.29) is 23.6 Å². The fourth-order valence-electron chi connectivity index (χ4n) is 2.04. The molecule has 104 valence electrons. The van der Waals surface area contributed by atoms with Crippen LogP contribution < -0.4 is 5.32 Å². The van der Waals surface area contributed by atoms with Crippen molar-refractivity contribution in [3.05, 3.63) is 51.6 Å². The lowest BCUT2D eigenvalue weighted by Crippen LogP contribution is -2.06. The highest BCUT2D eigenvalue weighted by Crippen LogP contribution is 2.28. The second-order valence-corrected chi connectivity index (χ2v) is 4.11. The zero-order valence-corrected chi connectivity index (χ0v) is 11.1. The normalized spacial score (nSPS) is 9.67. The summed E-state index contributed by atoms with van der Waals surface area (Å²) in [6.07, 6.45) is 1.37. The van der Waals surface area contributed by atoms with Crippen molar-refractivity contribution < 1.29 is 4.92 Å². The molecule has 1 heterocycles. The Bertz CT molecular complexity index is 781. The summed E-state index contributed by atoms with van der Waals surface area (Å²) in [5.74, 6) is 0. The first-order valence-corrected chi connectivity index (χ1v) is 5.91. The lowest BCUT2D eigenvalue weighted by Gasteiger charge is -2.10. The molecular weight excluding hydrogens is 272 g/mol. The Hall–Kier alpha value is -3.39. The van der Waals surface area contributed by atoms with E-state index in [0.29, 0.717) is 11.3 Å². The summed E-state index contributed by atoms with van der Waals surface area (Å²) in [5.41, 5.74) is 1.12. The van der Waals surface area contributed by atoms with Crippen molar-refractivity contribution in [2.45, 2.75) is 6.54 Å². The fraction of sp³-hybridized carbons (Fsp3) is 0.154. The molecule has 8 nitrogen and oxygen atoms in total. The number of nitro groups is 1. The van der Waals surface area contributed by atoms with Gasteiger partial charge in [-0.25, -0.2) is 4.98 Å². The van der Waals surface area contributed by atoms with Crippen LogP contribution in [-0.2, 0) is 6.54 Å². The van der Waals surface area contributed by atoms with E-state index in [1.807, 2.05) is 12.1 Å². The standard InChI is InChI=1S/C13H10N6O2/c1-16-13-9(3-2-4-11(13)19(20)21)7-18-8-17-10(5-14)12(18)6-15/h2-4,8,16H,7H2,1H3. The van der Waals surface area contributed by atoms with Gasteiger partial charge >= 0.3 is 0 Å². The Balaban J connectivity index is 2.48. The molecule has 0 aliphatic heterocycles. The Morgan fingerprint density at radius 1 is 1.43 bits per heavy atom. The van der Waals surface area contributed by atoms with Gasteiger partial charge in [0.15, 0.2) is 11.4 Å². The Kier molecular flexibility index (Phi) is 3.82. The highest BCUT2D eigenvalue weighted by Gasteiger charge is 2.18. The molecule has 0 unspecified atom stereocenters. The van der Waals surface area contributed by atoms with E-state index in [9.17, 15) is 10.1 Å². The number of para-hydroxylation sites is 1. The van der Waals surface area contributed by atoms with Crippen LogP contribution in [0.2, 0.25) is 0 Å². The first-order chi connectivity index (χ1) is 10.1. The van der Waals surface area contributed by atoms with Crippen molar-refractivity contribution in [2.24, 2.45) is 0 Å². The molecule has 0 radical (unpaired) electrons. The molecule has 2 aromatic rings. The number of nitrogens with one attached hydrogen (secondary N) is 1. The van der Waals surface area contributed by atoms with E-state index < -0.39 is 4.92 Å². The molecule has 21 heavy (non-hydrogen) atoms. The molecule has 0 amide bonds. The van der Waals surface area contributed by atoms with E-state index in [4.69, 9.17) is 10.5 Å².